The molecule has 1 rings (SSSR count). The number of aromatic nitrogens is 1. The molecular formula is C9H13N9. The minimum atomic E-state index is -0.128. The van der Waals surface area contributed by atoms with Crippen LogP contribution in [0.1, 0.15) is 11.4 Å². The van der Waals surface area contributed by atoms with Crippen LogP contribution in [-0.4, -0.2) is 29.3 Å². The molecule has 0 unspecified atom stereocenters. The number of nitrogens with two attached hydrogens (primary N) is 4. The van der Waals surface area contributed by atoms with Gasteiger partial charge >= 0.3 is 0 Å². The van der Waals surface area contributed by atoms with Gasteiger partial charge < -0.3 is 22.9 Å². The molecule has 0 aliphatic rings. The molecule has 0 aliphatic heterocycles. The highest BCUT2D eigenvalue weighted by Gasteiger charge is 1.92. The van der Waals surface area contributed by atoms with Gasteiger partial charge in [0, 0.05) is 0 Å². The van der Waals surface area contributed by atoms with Crippen molar-refractivity contribution in [1.82, 2.24) is 4.98 Å². The number of hydrogen-bond acceptors (Lipinski definition) is 5. The van der Waals surface area contributed by atoms with Crippen LogP contribution in [0.5, 0.6) is 0 Å². The zero-order valence-electron chi connectivity index (χ0n) is 9.43. The van der Waals surface area contributed by atoms with Crippen LogP contribution >= 0.6 is 0 Å². The normalized spacial score (nSPS) is 10.7. The summed E-state index contributed by atoms with van der Waals surface area (Å²) in [4.78, 5) is 4.17. The Hall–Kier alpha value is -2.97. The molecule has 0 saturated heterocycles. The van der Waals surface area contributed by atoms with Gasteiger partial charge in [0.2, 0.25) is 11.9 Å². The molecule has 0 atom stereocenters. The summed E-state index contributed by atoms with van der Waals surface area (Å²) in [6.45, 7) is 0. The first-order valence-corrected chi connectivity index (χ1v) is 4.79. The predicted molar refractivity (Wildman–Crippen MR) is 71.0 cm³/mol. The zero-order valence-corrected chi connectivity index (χ0v) is 9.43. The lowest BCUT2D eigenvalue weighted by atomic mass is 10.3. The molecule has 9 heteroatoms. The summed E-state index contributed by atoms with van der Waals surface area (Å²) in [6.07, 6.45) is 2.80. The standard InChI is InChI=1S/C9H13N9/c10-8(11)17-14-4-6-2-1-3-7(16-6)5-15-18-9(12)13/h1-5H,(H4,10,11,17)(H4,12,13,18)/b14-4+,15-5+. The number of pyridine rings is 1. The first-order valence-electron chi connectivity index (χ1n) is 4.79. The van der Waals surface area contributed by atoms with E-state index in [0.717, 1.165) is 0 Å². The van der Waals surface area contributed by atoms with Gasteiger partial charge in [-0.3, -0.25) is 0 Å². The van der Waals surface area contributed by atoms with E-state index >= 15 is 0 Å². The number of hydrogen-bond donors (Lipinski definition) is 4. The van der Waals surface area contributed by atoms with Gasteiger partial charge in [0.15, 0.2) is 0 Å². The van der Waals surface area contributed by atoms with Gasteiger partial charge in [0.1, 0.15) is 0 Å². The first-order chi connectivity index (χ1) is 8.58. The van der Waals surface area contributed by atoms with E-state index in [9.17, 15) is 0 Å². The summed E-state index contributed by atoms with van der Waals surface area (Å²) in [7, 11) is 0. The molecule has 0 aliphatic carbocycles. The highest BCUT2D eigenvalue weighted by molar-refractivity contribution is 5.83. The van der Waals surface area contributed by atoms with Crippen LogP contribution in [0.15, 0.2) is 38.6 Å². The van der Waals surface area contributed by atoms with Crippen LogP contribution in [-0.2, 0) is 0 Å². The van der Waals surface area contributed by atoms with Gasteiger partial charge in [0.25, 0.3) is 0 Å². The summed E-state index contributed by atoms with van der Waals surface area (Å²) >= 11 is 0. The van der Waals surface area contributed by atoms with Crippen LogP contribution in [0.25, 0.3) is 0 Å². The van der Waals surface area contributed by atoms with E-state index in [1.165, 1.54) is 12.4 Å². The average molecular weight is 247 g/mol. The van der Waals surface area contributed by atoms with E-state index in [-0.39, 0.29) is 11.9 Å². The van der Waals surface area contributed by atoms with Gasteiger partial charge in [-0.15, -0.1) is 10.2 Å². The van der Waals surface area contributed by atoms with E-state index in [1.54, 1.807) is 18.2 Å². The van der Waals surface area contributed by atoms with Crippen LogP contribution in [0.3, 0.4) is 0 Å². The molecular weight excluding hydrogens is 234 g/mol. The van der Waals surface area contributed by atoms with Crippen molar-refractivity contribution in [2.75, 3.05) is 0 Å². The third-order valence-corrected chi connectivity index (χ3v) is 1.52. The van der Waals surface area contributed by atoms with E-state index in [4.69, 9.17) is 22.9 Å². The van der Waals surface area contributed by atoms with Crippen LogP contribution in [0.2, 0.25) is 0 Å². The van der Waals surface area contributed by atoms with Crippen molar-refractivity contribution in [3.05, 3.63) is 29.6 Å². The SMILES string of the molecule is NC(N)=N/N=C/c1cccc(/C=N/N=C(N)N)n1. The van der Waals surface area contributed by atoms with Crippen LogP contribution < -0.4 is 22.9 Å². The molecule has 0 fully saturated rings. The molecule has 0 radical (unpaired) electrons. The van der Waals surface area contributed by atoms with E-state index in [2.05, 4.69) is 25.4 Å². The topological polar surface area (TPSA) is 166 Å². The molecule has 0 amide bonds. The second-order valence-electron chi connectivity index (χ2n) is 3.03. The Morgan fingerprint density at radius 3 is 1.72 bits per heavy atom. The molecule has 0 bridgehead atoms. The fraction of sp³-hybridized carbons (Fsp3) is 0. The van der Waals surface area contributed by atoms with Crippen molar-refractivity contribution < 1.29 is 0 Å². The fourth-order valence-electron chi connectivity index (χ4n) is 0.922. The maximum absolute atomic E-state index is 5.11. The maximum Gasteiger partial charge on any atom is 0.211 e. The molecule has 1 aromatic heterocycles. The number of nitrogens with zero attached hydrogens (tertiary/aromatic N) is 5. The summed E-state index contributed by atoms with van der Waals surface area (Å²) < 4.78 is 0. The minimum absolute atomic E-state index is 0.128. The Labute approximate surface area is 103 Å². The second-order valence-corrected chi connectivity index (χ2v) is 3.03. The summed E-state index contributed by atoms with van der Waals surface area (Å²) in [6, 6.07) is 5.22. The lowest BCUT2D eigenvalue weighted by molar-refractivity contribution is 1.18. The first kappa shape index (κ1) is 13.1. The third kappa shape index (κ3) is 5.21. The molecule has 1 aromatic rings. The van der Waals surface area contributed by atoms with E-state index in [1.807, 2.05) is 0 Å². The van der Waals surface area contributed by atoms with Gasteiger partial charge in [0.05, 0.1) is 23.8 Å². The molecule has 8 N–H and O–H groups in total. The Kier molecular flexibility index (Phi) is 4.79. The summed E-state index contributed by atoms with van der Waals surface area (Å²) in [5, 5.41) is 14.2. The van der Waals surface area contributed by atoms with Crippen molar-refractivity contribution in [2.24, 2.45) is 43.3 Å². The van der Waals surface area contributed by atoms with Crippen molar-refractivity contribution >= 4 is 24.3 Å². The molecule has 0 saturated carbocycles. The smallest absolute Gasteiger partial charge is 0.211 e. The lowest BCUT2D eigenvalue weighted by Gasteiger charge is -1.93. The van der Waals surface area contributed by atoms with Crippen molar-refractivity contribution in [3.8, 4) is 0 Å². The molecule has 9 nitrogen and oxygen atoms in total. The third-order valence-electron chi connectivity index (χ3n) is 1.52. The molecule has 0 aromatic carbocycles. The highest BCUT2D eigenvalue weighted by Crippen LogP contribution is 1.95. The van der Waals surface area contributed by atoms with Gasteiger partial charge in [-0.1, -0.05) is 6.07 Å². The van der Waals surface area contributed by atoms with Crippen LogP contribution in [0.4, 0.5) is 0 Å². The van der Waals surface area contributed by atoms with E-state index < -0.39 is 0 Å². The zero-order chi connectivity index (χ0) is 13.4. The van der Waals surface area contributed by atoms with Gasteiger partial charge in [-0.25, -0.2) is 4.98 Å². The lowest BCUT2D eigenvalue weighted by Crippen LogP contribution is -2.21. The largest absolute Gasteiger partial charge is 0.369 e. The monoisotopic (exact) mass is 247 g/mol. The molecule has 1 heterocycles. The van der Waals surface area contributed by atoms with Crippen molar-refractivity contribution in [2.45, 2.75) is 0 Å². The quantitative estimate of drug-likeness (QED) is 0.282. The van der Waals surface area contributed by atoms with Gasteiger partial charge in [-0.05, 0) is 12.1 Å². The average Bonchev–Trinajstić information content (AvgIpc) is 2.28. The van der Waals surface area contributed by atoms with Crippen molar-refractivity contribution in [1.29, 1.82) is 0 Å². The molecule has 0 spiro atoms. The highest BCUT2D eigenvalue weighted by atomic mass is 15.3. The number of rotatable bonds is 4. The Morgan fingerprint density at radius 2 is 1.33 bits per heavy atom. The Morgan fingerprint density at radius 1 is 0.889 bits per heavy atom. The Bertz CT molecular complexity index is 463. The molecule has 94 valence electrons. The van der Waals surface area contributed by atoms with Crippen LogP contribution in [0, 0.1) is 0 Å². The van der Waals surface area contributed by atoms with Gasteiger partial charge in [-0.2, -0.15) is 10.2 Å². The number of guanidine groups is 2. The fourth-order valence-corrected chi connectivity index (χ4v) is 0.922. The second kappa shape index (κ2) is 6.58. The molecule has 18 heavy (non-hydrogen) atoms. The Balaban J connectivity index is 2.80. The summed E-state index contributed by atoms with van der Waals surface area (Å²) in [5.74, 6) is -0.256. The summed E-state index contributed by atoms with van der Waals surface area (Å²) in [5.41, 5.74) is 21.6. The van der Waals surface area contributed by atoms with E-state index in [0.29, 0.717) is 11.4 Å². The van der Waals surface area contributed by atoms with Crippen molar-refractivity contribution in [3.63, 3.8) is 0 Å². The maximum atomic E-state index is 5.11. The predicted octanol–water partition coefficient (Wildman–Crippen LogP) is -1.70. The minimum Gasteiger partial charge on any atom is -0.369 e.